The third-order valence-corrected chi connectivity index (χ3v) is 10.7. The van der Waals surface area contributed by atoms with Crippen LogP contribution >= 0.6 is 0 Å². The van der Waals surface area contributed by atoms with Crippen molar-refractivity contribution in [2.45, 2.75) is 97.4 Å². The predicted molar refractivity (Wildman–Crippen MR) is 219 cm³/mol. The van der Waals surface area contributed by atoms with E-state index in [1.165, 1.54) is 0 Å². The minimum absolute atomic E-state index is 0.114. The van der Waals surface area contributed by atoms with Gasteiger partial charge < -0.3 is 82.7 Å². The molecule has 0 amide bonds. The van der Waals surface area contributed by atoms with Gasteiger partial charge in [0.1, 0.15) is 47.7 Å². The molecule has 0 radical (unpaired) electrons. The second-order valence-electron chi connectivity index (χ2n) is 15.5. The van der Waals surface area contributed by atoms with Gasteiger partial charge in [0.2, 0.25) is 24.9 Å². The number of anilines is 4. The molecule has 28 nitrogen and oxygen atoms in total. The Kier molecular flexibility index (Phi) is 17.1. The van der Waals surface area contributed by atoms with Crippen molar-refractivity contribution in [3.8, 4) is 0 Å². The fourth-order valence-electron chi connectivity index (χ4n) is 6.89. The molecule has 8 rings (SSSR count). The summed E-state index contributed by atoms with van der Waals surface area (Å²) in [6, 6.07) is 4.61. The summed E-state index contributed by atoms with van der Waals surface area (Å²) in [7, 11) is 0. The molecule has 400 valence electrons. The zero-order valence-electron chi connectivity index (χ0n) is 36.1. The summed E-state index contributed by atoms with van der Waals surface area (Å²) in [6.07, 6.45) is -18.8. The standard InChI is InChI=1S/4C9H11F2N3O4/c4*10-9(11)6(16)4(3-15)18-7(9)14-2-1-5(12)13-8(14)17/h4*1-2,4,6-7,15-16H,3H2,(H2,12,13,17)/t4*4-,6-,7-/m1111/s1. The summed E-state index contributed by atoms with van der Waals surface area (Å²) in [4.78, 5) is 58.9. The van der Waals surface area contributed by atoms with E-state index in [2.05, 4.69) is 19.9 Å². The summed E-state index contributed by atoms with van der Waals surface area (Å²) in [5.41, 5.74) is 16.8. The normalized spacial score (nSPS) is 30.6. The maximum atomic E-state index is 13.7. The predicted octanol–water partition coefficient (Wildman–Crippen LogP) is -5.15. The number of nitrogens with zero attached hydrogens (tertiary/aromatic N) is 8. The maximum absolute atomic E-state index is 13.7. The Morgan fingerprint density at radius 2 is 0.569 bits per heavy atom. The van der Waals surface area contributed by atoms with Crippen LogP contribution in [0.2, 0.25) is 0 Å². The van der Waals surface area contributed by atoms with Crippen molar-refractivity contribution in [3.63, 3.8) is 0 Å². The van der Waals surface area contributed by atoms with Crippen LogP contribution < -0.4 is 45.7 Å². The number of aromatic nitrogens is 8. The van der Waals surface area contributed by atoms with E-state index < -0.39 is 147 Å². The summed E-state index contributed by atoms with van der Waals surface area (Å²) < 4.78 is 131. The topological polar surface area (TPSA) is 442 Å². The van der Waals surface area contributed by atoms with Crippen molar-refractivity contribution in [2.24, 2.45) is 0 Å². The first kappa shape index (κ1) is 56.6. The van der Waals surface area contributed by atoms with Crippen molar-refractivity contribution >= 4 is 23.3 Å². The van der Waals surface area contributed by atoms with Crippen LogP contribution in [0.15, 0.2) is 68.2 Å². The molecule has 4 aliphatic heterocycles. The molecule has 16 N–H and O–H groups in total. The Morgan fingerprint density at radius 3 is 0.694 bits per heavy atom. The second kappa shape index (κ2) is 21.8. The molecule has 8 heterocycles. The van der Waals surface area contributed by atoms with Crippen molar-refractivity contribution < 1.29 is 94.9 Å². The van der Waals surface area contributed by atoms with Crippen LogP contribution in [0.4, 0.5) is 58.4 Å². The third-order valence-electron chi connectivity index (χ3n) is 10.7. The average Bonchev–Trinajstić information content (AvgIpc) is 3.87. The number of nitrogen functional groups attached to an aromatic ring is 4. The first-order valence-electron chi connectivity index (χ1n) is 20.2. The van der Waals surface area contributed by atoms with E-state index in [0.717, 1.165) is 49.1 Å². The highest BCUT2D eigenvalue weighted by Crippen LogP contribution is 2.45. The van der Waals surface area contributed by atoms with Crippen molar-refractivity contribution in [1.82, 2.24) is 38.2 Å². The van der Waals surface area contributed by atoms with E-state index in [1.54, 1.807) is 0 Å². The molecule has 4 fully saturated rings. The van der Waals surface area contributed by atoms with Crippen LogP contribution in [-0.2, 0) is 18.9 Å². The number of hydrogen-bond acceptors (Lipinski definition) is 24. The maximum Gasteiger partial charge on any atom is 0.351 e. The molecular formula is C36H44F8N12O16. The van der Waals surface area contributed by atoms with Crippen LogP contribution in [0.3, 0.4) is 0 Å². The Hall–Kier alpha value is -6.32. The molecule has 0 unspecified atom stereocenters. The van der Waals surface area contributed by atoms with Gasteiger partial charge in [0.05, 0.1) is 26.4 Å². The lowest BCUT2D eigenvalue weighted by molar-refractivity contribution is -0.141. The molecule has 4 aromatic rings. The molecule has 36 heteroatoms. The first-order chi connectivity index (χ1) is 33.5. The van der Waals surface area contributed by atoms with Gasteiger partial charge in [-0.05, 0) is 24.3 Å². The lowest BCUT2D eigenvalue weighted by Crippen LogP contribution is -2.41. The van der Waals surface area contributed by atoms with Crippen molar-refractivity contribution in [1.29, 1.82) is 0 Å². The molecule has 4 aromatic heterocycles. The molecule has 0 bridgehead atoms. The van der Waals surface area contributed by atoms with E-state index in [4.69, 9.17) is 62.3 Å². The Morgan fingerprint density at radius 1 is 0.403 bits per heavy atom. The highest BCUT2D eigenvalue weighted by atomic mass is 19.3. The van der Waals surface area contributed by atoms with E-state index in [9.17, 15) is 74.7 Å². The third kappa shape index (κ3) is 11.2. The van der Waals surface area contributed by atoms with Gasteiger partial charge in [0.25, 0.3) is 0 Å². The van der Waals surface area contributed by atoms with Gasteiger partial charge in [-0.15, -0.1) is 0 Å². The second-order valence-corrected chi connectivity index (χ2v) is 15.5. The number of rotatable bonds is 8. The van der Waals surface area contributed by atoms with Gasteiger partial charge in [-0.25, -0.2) is 19.2 Å². The lowest BCUT2D eigenvalue weighted by Gasteiger charge is -2.20. The van der Waals surface area contributed by atoms with Crippen LogP contribution in [0.25, 0.3) is 0 Å². The van der Waals surface area contributed by atoms with Crippen LogP contribution in [0, 0.1) is 0 Å². The molecule has 12 atom stereocenters. The van der Waals surface area contributed by atoms with Gasteiger partial charge in [-0.1, -0.05) is 0 Å². The number of nitrogens with two attached hydrogens (primary N) is 4. The number of hydrogen-bond donors (Lipinski definition) is 12. The quantitative estimate of drug-likeness (QED) is 0.0734. The zero-order valence-corrected chi connectivity index (χ0v) is 36.1. The van der Waals surface area contributed by atoms with Crippen LogP contribution in [-0.4, -0.2) is 178 Å². The molecule has 4 aliphatic rings. The molecule has 0 spiro atoms. The highest BCUT2D eigenvalue weighted by molar-refractivity contribution is 5.26. The minimum atomic E-state index is -3.71. The minimum Gasteiger partial charge on any atom is -0.394 e. The first-order valence-corrected chi connectivity index (χ1v) is 20.2. The zero-order chi connectivity index (χ0) is 54.0. The van der Waals surface area contributed by atoms with Crippen molar-refractivity contribution in [3.05, 3.63) is 91.0 Å². The number of halogens is 8. The van der Waals surface area contributed by atoms with Crippen molar-refractivity contribution in [2.75, 3.05) is 49.4 Å². The summed E-state index contributed by atoms with van der Waals surface area (Å²) in [6.45, 7) is -3.15. The molecule has 0 saturated carbocycles. The smallest absolute Gasteiger partial charge is 0.351 e. The van der Waals surface area contributed by atoms with Gasteiger partial charge in [0.15, 0.2) is 24.4 Å². The Labute approximate surface area is 394 Å². The Balaban J connectivity index is 0.000000178. The largest absolute Gasteiger partial charge is 0.394 e. The molecular weight excluding hydrogens is 1010 g/mol. The summed E-state index contributed by atoms with van der Waals surface area (Å²) in [5, 5.41) is 72.4. The molecule has 0 aromatic carbocycles. The number of ether oxygens (including phenoxy) is 4. The van der Waals surface area contributed by atoms with Crippen LogP contribution in [0.1, 0.15) is 24.9 Å². The number of aliphatic hydroxyl groups is 8. The van der Waals surface area contributed by atoms with Gasteiger partial charge >= 0.3 is 46.4 Å². The molecule has 72 heavy (non-hydrogen) atoms. The summed E-state index contributed by atoms with van der Waals surface area (Å²) >= 11 is 0. The van der Waals surface area contributed by atoms with E-state index in [-0.39, 0.29) is 23.3 Å². The molecule has 4 saturated heterocycles. The van der Waals surface area contributed by atoms with Gasteiger partial charge in [0, 0.05) is 24.8 Å². The highest BCUT2D eigenvalue weighted by Gasteiger charge is 2.62. The molecule has 0 aliphatic carbocycles. The van der Waals surface area contributed by atoms with Gasteiger partial charge in [-0.3, -0.25) is 18.3 Å². The van der Waals surface area contributed by atoms with E-state index in [1.807, 2.05) is 0 Å². The average molecular weight is 1050 g/mol. The fraction of sp³-hybridized carbons (Fsp3) is 0.556. The number of alkyl halides is 8. The Bertz CT molecular complexity index is 2390. The van der Waals surface area contributed by atoms with Gasteiger partial charge in [-0.2, -0.15) is 55.1 Å². The summed E-state index contributed by atoms with van der Waals surface area (Å²) in [5.74, 6) is -15.3. The SMILES string of the molecule is Nc1ccn([C@@H]2O[C@H](CO)[C@@H](O)C2(F)F)c(=O)n1.Nc1ccn([C@@H]2O[C@H](CO)[C@@H](O)C2(F)F)c(=O)n1.Nc1ccn([C@@H]2O[C@H](CO)[C@@H](O)C2(F)F)c(=O)n1.Nc1ccn([C@@H]2O[C@H](CO)[C@@H](O)C2(F)F)c(=O)n1. The van der Waals surface area contributed by atoms with Crippen LogP contribution in [0.5, 0.6) is 0 Å². The lowest BCUT2D eigenvalue weighted by atomic mass is 10.1. The van der Waals surface area contributed by atoms with E-state index in [0.29, 0.717) is 18.3 Å². The van der Waals surface area contributed by atoms with E-state index >= 15 is 0 Å². The fourth-order valence-corrected chi connectivity index (χ4v) is 6.89. The monoisotopic (exact) mass is 1050 g/mol. The number of aliphatic hydroxyl groups excluding tert-OH is 8.